The number of hydrogen-bond donors (Lipinski definition) is 3. The fraction of sp³-hybridized carbons (Fsp3) is 0.217. The van der Waals surface area contributed by atoms with Crippen LogP contribution in [-0.4, -0.2) is 22.7 Å². The Hall–Kier alpha value is -2.87. The molecule has 0 atom stereocenters. The fourth-order valence-electron chi connectivity index (χ4n) is 2.77. The highest BCUT2D eigenvalue weighted by Crippen LogP contribution is 2.32. The van der Waals surface area contributed by atoms with Gasteiger partial charge in [0.25, 0.3) is 5.91 Å². The van der Waals surface area contributed by atoms with Gasteiger partial charge in [-0.15, -0.1) is 0 Å². The van der Waals surface area contributed by atoms with Crippen LogP contribution in [0.5, 0.6) is 5.75 Å². The van der Waals surface area contributed by atoms with E-state index >= 15 is 0 Å². The Morgan fingerprint density at radius 2 is 1.94 bits per heavy atom. The minimum atomic E-state index is -0.328. The molecule has 0 spiro atoms. The molecule has 0 fully saturated rings. The number of rotatable bonds is 8. The van der Waals surface area contributed by atoms with Crippen molar-refractivity contribution in [2.45, 2.75) is 26.4 Å². The molecular weight excluding hydrogens is 436 g/mol. The minimum absolute atomic E-state index is 0.150. The van der Waals surface area contributed by atoms with Gasteiger partial charge in [-0.25, -0.2) is 0 Å². The summed E-state index contributed by atoms with van der Waals surface area (Å²) in [6.07, 6.45) is 2.04. The van der Waals surface area contributed by atoms with Gasteiger partial charge in [0, 0.05) is 16.8 Å². The lowest BCUT2D eigenvalue weighted by atomic mass is 10.1. The third-order valence-electron chi connectivity index (χ3n) is 4.42. The van der Waals surface area contributed by atoms with Crippen LogP contribution in [0, 0.1) is 0 Å². The molecule has 8 heteroatoms. The van der Waals surface area contributed by atoms with Gasteiger partial charge < -0.3 is 19.6 Å². The van der Waals surface area contributed by atoms with Crippen molar-refractivity contribution in [2.24, 2.45) is 0 Å². The molecular formula is C23H23ClN2O4S. The van der Waals surface area contributed by atoms with E-state index in [9.17, 15) is 9.90 Å². The number of unbranched alkanes of at least 4 members (excludes halogenated alkanes) is 1. The number of ether oxygens (including phenoxy) is 1. The Morgan fingerprint density at radius 3 is 2.61 bits per heavy atom. The number of amides is 1. The Kier molecular flexibility index (Phi) is 8.06. The van der Waals surface area contributed by atoms with Crippen LogP contribution in [0.25, 0.3) is 11.3 Å². The van der Waals surface area contributed by atoms with Crippen molar-refractivity contribution < 1.29 is 19.1 Å². The van der Waals surface area contributed by atoms with Crippen molar-refractivity contribution in [3.63, 3.8) is 0 Å². The standard InChI is InChI=1S/C23H23ClN2O4S/c1-2-3-12-29-17-7-4-15(5-8-17)22(28)26-23(31)25-16-6-10-20(24)19(13-16)21-11-9-18(14-27)30-21/h4-11,13,27H,2-3,12,14H2,1H3,(H2,25,26,28,31). The topological polar surface area (TPSA) is 83.7 Å². The second kappa shape index (κ2) is 10.9. The molecule has 0 saturated carbocycles. The number of aliphatic hydroxyl groups excluding tert-OH is 1. The van der Waals surface area contributed by atoms with Crippen LogP contribution >= 0.6 is 23.8 Å². The molecule has 0 bridgehead atoms. The molecule has 6 nitrogen and oxygen atoms in total. The van der Waals surface area contributed by atoms with E-state index in [-0.39, 0.29) is 17.6 Å². The Labute approximate surface area is 191 Å². The first kappa shape index (κ1) is 22.8. The van der Waals surface area contributed by atoms with Gasteiger partial charge >= 0.3 is 0 Å². The molecule has 3 aromatic rings. The smallest absolute Gasteiger partial charge is 0.257 e. The van der Waals surface area contributed by atoms with E-state index in [1.807, 2.05) is 0 Å². The molecule has 2 aromatic carbocycles. The van der Waals surface area contributed by atoms with E-state index in [1.54, 1.807) is 54.6 Å². The van der Waals surface area contributed by atoms with E-state index in [0.717, 1.165) is 18.6 Å². The molecule has 0 aliphatic carbocycles. The molecule has 0 aliphatic heterocycles. The van der Waals surface area contributed by atoms with Crippen LogP contribution in [-0.2, 0) is 6.61 Å². The zero-order valence-corrected chi connectivity index (χ0v) is 18.6. The van der Waals surface area contributed by atoms with Crippen LogP contribution in [0.1, 0.15) is 35.9 Å². The third-order valence-corrected chi connectivity index (χ3v) is 4.95. The normalized spacial score (nSPS) is 10.5. The molecule has 31 heavy (non-hydrogen) atoms. The highest BCUT2D eigenvalue weighted by Gasteiger charge is 2.12. The molecule has 1 amide bonds. The fourth-order valence-corrected chi connectivity index (χ4v) is 3.20. The summed E-state index contributed by atoms with van der Waals surface area (Å²) < 4.78 is 11.2. The Morgan fingerprint density at radius 1 is 1.16 bits per heavy atom. The summed E-state index contributed by atoms with van der Waals surface area (Å²) in [6, 6.07) is 15.5. The van der Waals surface area contributed by atoms with Crippen molar-refractivity contribution in [3.05, 3.63) is 70.9 Å². The number of carbonyl (C=O) groups is 1. The quantitative estimate of drug-likeness (QED) is 0.309. The molecule has 3 N–H and O–H groups in total. The lowest BCUT2D eigenvalue weighted by Crippen LogP contribution is -2.34. The van der Waals surface area contributed by atoms with Crippen LogP contribution < -0.4 is 15.4 Å². The molecule has 0 unspecified atom stereocenters. The van der Waals surface area contributed by atoms with Crippen LogP contribution in [0.3, 0.4) is 0 Å². The number of furan rings is 1. The molecule has 3 rings (SSSR count). The van der Waals surface area contributed by atoms with Crippen molar-refractivity contribution in [2.75, 3.05) is 11.9 Å². The summed E-state index contributed by atoms with van der Waals surface area (Å²) >= 11 is 11.5. The Bertz CT molecular complexity index is 1050. The monoisotopic (exact) mass is 458 g/mol. The zero-order valence-electron chi connectivity index (χ0n) is 17.0. The summed E-state index contributed by atoms with van der Waals surface area (Å²) in [7, 11) is 0. The van der Waals surface area contributed by atoms with Gasteiger partial charge in [0.15, 0.2) is 5.11 Å². The largest absolute Gasteiger partial charge is 0.494 e. The average Bonchev–Trinajstić information content (AvgIpc) is 3.25. The van der Waals surface area contributed by atoms with E-state index in [4.69, 9.17) is 33.0 Å². The highest BCUT2D eigenvalue weighted by atomic mass is 35.5. The summed E-state index contributed by atoms with van der Waals surface area (Å²) in [4.78, 5) is 12.5. The number of hydrogen-bond acceptors (Lipinski definition) is 5. The van der Waals surface area contributed by atoms with Crippen LogP contribution in [0.2, 0.25) is 5.02 Å². The van der Waals surface area contributed by atoms with Gasteiger partial charge in [0.05, 0.1) is 11.6 Å². The molecule has 1 heterocycles. The maximum atomic E-state index is 12.5. The maximum absolute atomic E-state index is 12.5. The number of halogens is 1. The maximum Gasteiger partial charge on any atom is 0.257 e. The number of benzene rings is 2. The van der Waals surface area contributed by atoms with Gasteiger partial charge in [-0.05, 0) is 73.2 Å². The first-order valence-corrected chi connectivity index (χ1v) is 10.6. The third kappa shape index (κ3) is 6.30. The molecule has 0 radical (unpaired) electrons. The van der Waals surface area contributed by atoms with Crippen molar-refractivity contribution in [1.82, 2.24) is 5.32 Å². The number of nitrogens with one attached hydrogen (secondary N) is 2. The molecule has 162 valence electrons. The van der Waals surface area contributed by atoms with Crippen LogP contribution in [0.4, 0.5) is 5.69 Å². The summed E-state index contributed by atoms with van der Waals surface area (Å²) in [5.74, 6) is 1.36. The van der Waals surface area contributed by atoms with Gasteiger partial charge in [-0.3, -0.25) is 10.1 Å². The summed E-state index contributed by atoms with van der Waals surface area (Å²) in [6.45, 7) is 2.55. The van der Waals surface area contributed by atoms with Gasteiger partial charge in [-0.1, -0.05) is 24.9 Å². The van der Waals surface area contributed by atoms with E-state index < -0.39 is 0 Å². The first-order valence-electron chi connectivity index (χ1n) is 9.85. The summed E-state index contributed by atoms with van der Waals surface area (Å²) in [5, 5.41) is 15.4. The highest BCUT2D eigenvalue weighted by molar-refractivity contribution is 7.80. The molecule has 0 saturated heterocycles. The number of thiocarbonyl (C=S) groups is 1. The van der Waals surface area contributed by atoms with Crippen LogP contribution in [0.15, 0.2) is 59.0 Å². The lowest BCUT2D eigenvalue weighted by Gasteiger charge is -2.12. The predicted molar refractivity (Wildman–Crippen MR) is 126 cm³/mol. The number of carbonyl (C=O) groups excluding carboxylic acids is 1. The predicted octanol–water partition coefficient (Wildman–Crippen LogP) is 5.40. The van der Waals surface area contributed by atoms with E-state index in [1.165, 1.54) is 0 Å². The molecule has 1 aromatic heterocycles. The van der Waals surface area contributed by atoms with Crippen molar-refractivity contribution in [1.29, 1.82) is 0 Å². The second-order valence-corrected chi connectivity index (χ2v) is 7.57. The van der Waals surface area contributed by atoms with Crippen molar-refractivity contribution in [3.8, 4) is 17.1 Å². The average molecular weight is 459 g/mol. The summed E-state index contributed by atoms with van der Waals surface area (Å²) in [5.41, 5.74) is 1.74. The van der Waals surface area contributed by atoms with Gasteiger partial charge in [-0.2, -0.15) is 0 Å². The Balaban J connectivity index is 1.61. The second-order valence-electron chi connectivity index (χ2n) is 6.75. The zero-order chi connectivity index (χ0) is 22.2. The lowest BCUT2D eigenvalue weighted by molar-refractivity contribution is 0.0977. The van der Waals surface area contributed by atoms with E-state index in [2.05, 4.69) is 17.6 Å². The van der Waals surface area contributed by atoms with Crippen molar-refractivity contribution >= 4 is 40.5 Å². The number of aliphatic hydroxyl groups is 1. The minimum Gasteiger partial charge on any atom is -0.494 e. The molecule has 0 aliphatic rings. The SMILES string of the molecule is CCCCOc1ccc(C(=O)NC(=S)Nc2ccc(Cl)c(-c3ccc(CO)o3)c2)cc1. The van der Waals surface area contributed by atoms with E-state index in [0.29, 0.717) is 40.0 Å². The first-order chi connectivity index (χ1) is 15.0. The van der Waals surface area contributed by atoms with Gasteiger partial charge in [0.1, 0.15) is 23.9 Å². The van der Waals surface area contributed by atoms with Gasteiger partial charge in [0.2, 0.25) is 0 Å². The number of anilines is 1.